The summed E-state index contributed by atoms with van der Waals surface area (Å²) in [5.74, 6) is 0.560. The van der Waals surface area contributed by atoms with Crippen LogP contribution in [0.5, 0.6) is 5.75 Å². The zero-order valence-electron chi connectivity index (χ0n) is 7.84. The number of nitrogens with zero attached hydrogens (tertiary/aromatic N) is 1. The number of sulfonamides is 1. The Morgan fingerprint density at radius 2 is 1.79 bits per heavy atom. The van der Waals surface area contributed by atoms with E-state index in [2.05, 4.69) is 0 Å². The summed E-state index contributed by atoms with van der Waals surface area (Å²) >= 11 is 0. The smallest absolute Gasteiger partial charge is 0.264 e. The number of hydroxylamine groups is 1. The number of hydrogen-bond donors (Lipinski definition) is 1. The number of methoxy groups -OCH3 is 1. The van der Waals surface area contributed by atoms with Crippen LogP contribution in [-0.2, 0) is 10.0 Å². The topological polar surface area (TPSA) is 66.8 Å². The van der Waals surface area contributed by atoms with E-state index in [1.165, 1.54) is 31.4 Å². The standard InChI is InChI=1S/C8H11NO4S/c1-9(10)14(11,12)8-5-3-7(13-2)4-6-8/h3-6,10H,1-2H3. The molecular weight excluding hydrogens is 206 g/mol. The van der Waals surface area contributed by atoms with Crippen molar-refractivity contribution in [2.45, 2.75) is 4.90 Å². The van der Waals surface area contributed by atoms with Crippen LogP contribution < -0.4 is 4.74 Å². The number of hydrogen-bond acceptors (Lipinski definition) is 4. The van der Waals surface area contributed by atoms with Crippen molar-refractivity contribution >= 4 is 10.0 Å². The van der Waals surface area contributed by atoms with Gasteiger partial charge in [-0.1, -0.05) is 4.47 Å². The maximum atomic E-state index is 11.4. The largest absolute Gasteiger partial charge is 0.497 e. The second kappa shape index (κ2) is 3.95. The first-order valence-electron chi connectivity index (χ1n) is 3.80. The van der Waals surface area contributed by atoms with Crippen molar-refractivity contribution in [2.24, 2.45) is 0 Å². The lowest BCUT2D eigenvalue weighted by Crippen LogP contribution is -2.22. The van der Waals surface area contributed by atoms with Crippen molar-refractivity contribution in [3.63, 3.8) is 0 Å². The molecule has 0 aliphatic heterocycles. The van der Waals surface area contributed by atoms with Gasteiger partial charge in [-0.15, -0.1) is 0 Å². The Morgan fingerprint density at radius 1 is 1.29 bits per heavy atom. The Hall–Kier alpha value is -1.11. The zero-order chi connectivity index (χ0) is 10.8. The van der Waals surface area contributed by atoms with Crippen LogP contribution in [0.1, 0.15) is 0 Å². The van der Waals surface area contributed by atoms with Crippen molar-refractivity contribution in [3.05, 3.63) is 24.3 Å². The molecule has 1 rings (SSSR count). The average molecular weight is 217 g/mol. The maximum Gasteiger partial charge on any atom is 0.264 e. The van der Waals surface area contributed by atoms with Crippen LogP contribution in [0.15, 0.2) is 29.2 Å². The summed E-state index contributed by atoms with van der Waals surface area (Å²) in [4.78, 5) is 0.0169. The molecule has 0 radical (unpaired) electrons. The lowest BCUT2D eigenvalue weighted by molar-refractivity contribution is 0.0310. The molecule has 78 valence electrons. The summed E-state index contributed by atoms with van der Waals surface area (Å²) in [6.45, 7) is 0. The lowest BCUT2D eigenvalue weighted by Gasteiger charge is -2.09. The molecule has 14 heavy (non-hydrogen) atoms. The van der Waals surface area contributed by atoms with Gasteiger partial charge < -0.3 is 4.74 Å². The predicted molar refractivity (Wildman–Crippen MR) is 49.7 cm³/mol. The molecule has 1 aromatic rings. The number of ether oxygens (including phenoxy) is 1. The molecule has 0 saturated heterocycles. The SMILES string of the molecule is COc1ccc(S(=O)(=O)N(C)O)cc1. The molecule has 0 bridgehead atoms. The van der Waals surface area contributed by atoms with Crippen LogP contribution in [-0.4, -0.2) is 32.3 Å². The van der Waals surface area contributed by atoms with Crippen molar-refractivity contribution < 1.29 is 18.4 Å². The summed E-state index contributed by atoms with van der Waals surface area (Å²) in [7, 11) is -1.23. The second-order valence-corrected chi connectivity index (χ2v) is 4.56. The Kier molecular flexibility index (Phi) is 3.10. The van der Waals surface area contributed by atoms with E-state index in [1.807, 2.05) is 0 Å². The van der Waals surface area contributed by atoms with Crippen LogP contribution in [0.4, 0.5) is 0 Å². The fourth-order valence-electron chi connectivity index (χ4n) is 0.900. The summed E-state index contributed by atoms with van der Waals surface area (Å²) in [5.41, 5.74) is 0. The van der Waals surface area contributed by atoms with E-state index < -0.39 is 10.0 Å². The summed E-state index contributed by atoms with van der Waals surface area (Å²) in [6, 6.07) is 5.74. The molecule has 5 nitrogen and oxygen atoms in total. The minimum atomic E-state index is -3.77. The Labute approximate surface area is 82.5 Å². The van der Waals surface area contributed by atoms with E-state index in [4.69, 9.17) is 9.94 Å². The highest BCUT2D eigenvalue weighted by molar-refractivity contribution is 7.89. The van der Waals surface area contributed by atoms with E-state index in [1.54, 1.807) is 0 Å². The molecule has 0 aliphatic rings. The Bertz CT molecular complexity index is 396. The highest BCUT2D eigenvalue weighted by Crippen LogP contribution is 2.17. The van der Waals surface area contributed by atoms with Crippen LogP contribution in [0, 0.1) is 0 Å². The quantitative estimate of drug-likeness (QED) is 0.757. The third-order valence-corrected chi connectivity index (χ3v) is 3.27. The van der Waals surface area contributed by atoms with Gasteiger partial charge in [0.25, 0.3) is 10.0 Å². The minimum absolute atomic E-state index is 0.0169. The minimum Gasteiger partial charge on any atom is -0.497 e. The molecule has 0 spiro atoms. The number of benzene rings is 1. The van der Waals surface area contributed by atoms with Crippen LogP contribution in [0.25, 0.3) is 0 Å². The predicted octanol–water partition coefficient (Wildman–Crippen LogP) is 0.705. The van der Waals surface area contributed by atoms with E-state index in [9.17, 15) is 8.42 Å². The van der Waals surface area contributed by atoms with Crippen LogP contribution in [0.2, 0.25) is 0 Å². The molecule has 0 amide bonds. The van der Waals surface area contributed by atoms with E-state index in [0.717, 1.165) is 7.05 Å². The van der Waals surface area contributed by atoms with Crippen molar-refractivity contribution in [2.75, 3.05) is 14.2 Å². The highest BCUT2D eigenvalue weighted by atomic mass is 32.2. The monoisotopic (exact) mass is 217 g/mol. The first kappa shape index (κ1) is 11.0. The molecule has 1 aromatic carbocycles. The van der Waals surface area contributed by atoms with Gasteiger partial charge in [0.05, 0.1) is 12.0 Å². The Balaban J connectivity index is 3.10. The average Bonchev–Trinajstić information content (AvgIpc) is 2.17. The van der Waals surface area contributed by atoms with Crippen molar-refractivity contribution in [3.8, 4) is 5.75 Å². The van der Waals surface area contributed by atoms with Crippen molar-refractivity contribution in [1.82, 2.24) is 4.47 Å². The molecule has 0 saturated carbocycles. The normalized spacial score (nSPS) is 11.7. The van der Waals surface area contributed by atoms with Crippen LogP contribution >= 0.6 is 0 Å². The van der Waals surface area contributed by atoms with Gasteiger partial charge >= 0.3 is 0 Å². The van der Waals surface area contributed by atoms with Gasteiger partial charge in [-0.2, -0.15) is 0 Å². The van der Waals surface area contributed by atoms with Crippen LogP contribution in [0.3, 0.4) is 0 Å². The van der Waals surface area contributed by atoms with Gasteiger partial charge in [0.1, 0.15) is 5.75 Å². The van der Waals surface area contributed by atoms with E-state index >= 15 is 0 Å². The van der Waals surface area contributed by atoms with Gasteiger partial charge in [-0.25, -0.2) is 8.42 Å². The maximum absolute atomic E-state index is 11.4. The molecule has 1 N–H and O–H groups in total. The van der Waals surface area contributed by atoms with Gasteiger partial charge in [0, 0.05) is 7.05 Å². The van der Waals surface area contributed by atoms with Gasteiger partial charge in [-0.05, 0) is 24.3 Å². The summed E-state index contributed by atoms with van der Waals surface area (Å²) in [6.07, 6.45) is 0. The molecule has 0 atom stereocenters. The molecule has 0 heterocycles. The molecule has 0 aromatic heterocycles. The molecule has 0 unspecified atom stereocenters. The number of rotatable bonds is 3. The van der Waals surface area contributed by atoms with E-state index in [-0.39, 0.29) is 9.36 Å². The first-order chi connectivity index (χ1) is 6.48. The molecule has 0 aliphatic carbocycles. The lowest BCUT2D eigenvalue weighted by atomic mass is 10.3. The highest BCUT2D eigenvalue weighted by Gasteiger charge is 2.18. The first-order valence-corrected chi connectivity index (χ1v) is 5.24. The van der Waals surface area contributed by atoms with Crippen molar-refractivity contribution in [1.29, 1.82) is 0 Å². The third kappa shape index (κ3) is 2.03. The fourth-order valence-corrected chi connectivity index (χ4v) is 1.69. The van der Waals surface area contributed by atoms with Gasteiger partial charge in [0.15, 0.2) is 0 Å². The van der Waals surface area contributed by atoms with Gasteiger partial charge in [-0.3, -0.25) is 5.21 Å². The zero-order valence-corrected chi connectivity index (χ0v) is 8.65. The third-order valence-electron chi connectivity index (χ3n) is 1.71. The summed E-state index contributed by atoms with van der Waals surface area (Å²) < 4.78 is 27.8. The van der Waals surface area contributed by atoms with E-state index in [0.29, 0.717) is 5.75 Å². The van der Waals surface area contributed by atoms with Gasteiger partial charge in [0.2, 0.25) is 0 Å². The molecule has 0 fully saturated rings. The molecule has 6 heteroatoms. The second-order valence-electron chi connectivity index (χ2n) is 2.61. The Morgan fingerprint density at radius 3 is 2.14 bits per heavy atom. The fraction of sp³-hybridized carbons (Fsp3) is 0.250. The molecular formula is C8H11NO4S. The summed E-state index contributed by atoms with van der Waals surface area (Å²) in [5, 5.41) is 8.87.